The average molecular weight is 582 g/mol. The molecule has 5 rings (SSSR count). The van der Waals surface area contributed by atoms with Crippen LogP contribution in [0.4, 0.5) is 16.2 Å². The van der Waals surface area contributed by atoms with Crippen molar-refractivity contribution in [1.29, 1.82) is 0 Å². The van der Waals surface area contributed by atoms with Gasteiger partial charge in [-0.05, 0) is 33.6 Å². The first-order valence-electron chi connectivity index (χ1n) is 11.5. The van der Waals surface area contributed by atoms with Crippen molar-refractivity contribution in [1.82, 2.24) is 34.6 Å². The van der Waals surface area contributed by atoms with Gasteiger partial charge in [0.15, 0.2) is 11.6 Å². The van der Waals surface area contributed by atoms with Crippen LogP contribution in [-0.4, -0.2) is 71.0 Å². The number of fused-ring (bicyclic) bond motifs is 1. The summed E-state index contributed by atoms with van der Waals surface area (Å²) in [7, 11) is 0. The van der Waals surface area contributed by atoms with E-state index in [-0.39, 0.29) is 42.8 Å². The van der Waals surface area contributed by atoms with Gasteiger partial charge in [-0.25, -0.2) is 19.3 Å². The first kappa shape index (κ1) is 25.3. The van der Waals surface area contributed by atoms with Gasteiger partial charge in [-0.1, -0.05) is 6.07 Å². The fraction of sp³-hybridized carbons (Fsp3) is 0.250. The summed E-state index contributed by atoms with van der Waals surface area (Å²) < 4.78 is 16.2. The quantitative estimate of drug-likeness (QED) is 0.325. The number of aromatic nitrogens is 6. The van der Waals surface area contributed by atoms with Crippen LogP contribution >= 0.6 is 15.9 Å². The Labute approximate surface area is 223 Å². The van der Waals surface area contributed by atoms with E-state index in [1.165, 1.54) is 28.9 Å². The second-order valence-electron chi connectivity index (χ2n) is 8.74. The predicted octanol–water partition coefficient (Wildman–Crippen LogP) is 2.41. The number of benzene rings is 1. The maximum atomic E-state index is 14.4. The first-order valence-corrected chi connectivity index (χ1v) is 12.3. The van der Waals surface area contributed by atoms with Gasteiger partial charge >= 0.3 is 0 Å². The Morgan fingerprint density at radius 2 is 1.92 bits per heavy atom. The maximum absolute atomic E-state index is 14.4. The number of hydrogen-bond acceptors (Lipinski definition) is 9. The Morgan fingerprint density at radius 3 is 2.63 bits per heavy atom. The molecule has 0 spiro atoms. The van der Waals surface area contributed by atoms with Crippen LogP contribution in [0.2, 0.25) is 0 Å². The monoisotopic (exact) mass is 581 g/mol. The molecule has 0 bridgehead atoms. The lowest BCUT2D eigenvalue weighted by Crippen LogP contribution is -2.44. The average Bonchev–Trinajstić information content (AvgIpc) is 3.45. The molecule has 194 valence electrons. The molecule has 1 fully saturated rings. The van der Waals surface area contributed by atoms with Crippen LogP contribution in [0.3, 0.4) is 0 Å². The number of nitrogens with two attached hydrogens (primary N) is 1. The van der Waals surface area contributed by atoms with Gasteiger partial charge in [0, 0.05) is 36.7 Å². The predicted molar refractivity (Wildman–Crippen MR) is 139 cm³/mol. The SMILES string of the molecule is CC(=O)c1nn(CC(=O)N2C[C@H](F)C[C@H]2C(=O)Nc2cncc(Br)n2)c2ccc(-c3cnc(N)nc3)cc12. The highest BCUT2D eigenvalue weighted by Crippen LogP contribution is 2.28. The van der Waals surface area contributed by atoms with Gasteiger partial charge in [0.1, 0.15) is 29.1 Å². The molecule has 0 unspecified atom stereocenters. The number of carbonyl (C=O) groups is 3. The van der Waals surface area contributed by atoms with Gasteiger partial charge in [-0.3, -0.25) is 24.0 Å². The van der Waals surface area contributed by atoms with Crippen LogP contribution in [0, 0.1) is 0 Å². The van der Waals surface area contributed by atoms with Crippen molar-refractivity contribution >= 4 is 56.2 Å². The molecule has 4 aromatic rings. The third-order valence-corrected chi connectivity index (χ3v) is 6.49. The minimum atomic E-state index is -1.37. The Morgan fingerprint density at radius 1 is 1.16 bits per heavy atom. The summed E-state index contributed by atoms with van der Waals surface area (Å²) in [5.74, 6) is -1.06. The highest BCUT2D eigenvalue weighted by atomic mass is 79.9. The number of anilines is 2. The van der Waals surface area contributed by atoms with Gasteiger partial charge in [-0.15, -0.1) is 0 Å². The lowest BCUT2D eigenvalue weighted by Gasteiger charge is -2.23. The molecular weight excluding hydrogens is 561 g/mol. The van der Waals surface area contributed by atoms with E-state index in [0.717, 1.165) is 5.56 Å². The maximum Gasteiger partial charge on any atom is 0.248 e. The minimum absolute atomic E-state index is 0.138. The molecule has 3 aromatic heterocycles. The summed E-state index contributed by atoms with van der Waals surface area (Å²) in [6, 6.07) is 4.24. The molecular formula is C24H21BrFN9O3. The Balaban J connectivity index is 1.41. The normalized spacial score (nSPS) is 17.1. The smallest absolute Gasteiger partial charge is 0.248 e. The van der Waals surface area contributed by atoms with Crippen LogP contribution < -0.4 is 11.1 Å². The highest BCUT2D eigenvalue weighted by molar-refractivity contribution is 9.10. The fourth-order valence-electron chi connectivity index (χ4n) is 4.37. The number of amides is 2. The number of Topliss-reactive ketones (excluding diaryl/α,β-unsaturated/α-hetero) is 1. The van der Waals surface area contributed by atoms with Crippen molar-refractivity contribution in [2.75, 3.05) is 17.6 Å². The molecule has 2 atom stereocenters. The van der Waals surface area contributed by atoms with Gasteiger partial charge in [-0.2, -0.15) is 5.10 Å². The number of ketones is 1. The van der Waals surface area contributed by atoms with E-state index in [9.17, 15) is 18.8 Å². The zero-order chi connectivity index (χ0) is 27.0. The Kier molecular flexibility index (Phi) is 6.80. The van der Waals surface area contributed by atoms with Gasteiger partial charge < -0.3 is 16.0 Å². The van der Waals surface area contributed by atoms with Crippen molar-refractivity contribution in [2.24, 2.45) is 0 Å². The number of alkyl halides is 1. The van der Waals surface area contributed by atoms with Crippen LogP contribution in [0.15, 0.2) is 47.6 Å². The molecule has 0 saturated carbocycles. The molecule has 1 aliphatic heterocycles. The summed E-state index contributed by atoms with van der Waals surface area (Å²) in [5, 5.41) is 7.48. The molecule has 12 nitrogen and oxygen atoms in total. The number of halogens is 2. The largest absolute Gasteiger partial charge is 0.368 e. The van der Waals surface area contributed by atoms with Crippen LogP contribution in [0.1, 0.15) is 23.8 Å². The molecule has 2 amide bonds. The van der Waals surface area contributed by atoms with Crippen molar-refractivity contribution < 1.29 is 18.8 Å². The van der Waals surface area contributed by atoms with E-state index in [2.05, 4.69) is 46.3 Å². The number of hydrogen-bond donors (Lipinski definition) is 2. The van der Waals surface area contributed by atoms with E-state index >= 15 is 0 Å². The molecule has 4 heterocycles. The molecule has 1 aromatic carbocycles. The fourth-order valence-corrected chi connectivity index (χ4v) is 4.68. The molecule has 14 heteroatoms. The Bertz CT molecular complexity index is 1560. The number of likely N-dealkylation sites (tertiary alicyclic amines) is 1. The number of nitrogens with one attached hydrogen (secondary N) is 1. The van der Waals surface area contributed by atoms with Crippen molar-refractivity contribution in [3.63, 3.8) is 0 Å². The van der Waals surface area contributed by atoms with Crippen LogP contribution in [0.5, 0.6) is 0 Å². The van der Waals surface area contributed by atoms with E-state index in [0.29, 0.717) is 21.1 Å². The Hall–Kier alpha value is -4.33. The molecule has 0 radical (unpaired) electrons. The van der Waals surface area contributed by atoms with Crippen molar-refractivity contribution in [3.8, 4) is 11.1 Å². The lowest BCUT2D eigenvalue weighted by molar-refractivity contribution is -0.137. The summed E-state index contributed by atoms with van der Waals surface area (Å²) in [5.41, 5.74) is 7.70. The summed E-state index contributed by atoms with van der Waals surface area (Å²) in [4.78, 5) is 55.8. The lowest BCUT2D eigenvalue weighted by atomic mass is 10.0. The van der Waals surface area contributed by atoms with E-state index in [4.69, 9.17) is 5.73 Å². The summed E-state index contributed by atoms with van der Waals surface area (Å²) in [6.45, 7) is 0.856. The van der Waals surface area contributed by atoms with E-state index < -0.39 is 24.0 Å². The summed E-state index contributed by atoms with van der Waals surface area (Å²) >= 11 is 3.18. The van der Waals surface area contributed by atoms with E-state index in [1.807, 2.05) is 0 Å². The molecule has 3 N–H and O–H groups in total. The number of rotatable bonds is 6. The van der Waals surface area contributed by atoms with Gasteiger partial charge in [0.25, 0.3) is 0 Å². The molecule has 0 aliphatic carbocycles. The zero-order valence-electron chi connectivity index (χ0n) is 20.0. The van der Waals surface area contributed by atoms with Crippen LogP contribution in [-0.2, 0) is 16.1 Å². The first-order chi connectivity index (χ1) is 18.2. The third-order valence-electron chi connectivity index (χ3n) is 6.10. The highest BCUT2D eigenvalue weighted by Gasteiger charge is 2.40. The number of carbonyl (C=O) groups excluding carboxylic acids is 3. The van der Waals surface area contributed by atoms with Crippen molar-refractivity contribution in [2.45, 2.75) is 32.1 Å². The molecule has 38 heavy (non-hydrogen) atoms. The molecule has 1 saturated heterocycles. The van der Waals surface area contributed by atoms with E-state index in [1.54, 1.807) is 30.6 Å². The topological polar surface area (TPSA) is 162 Å². The standard InChI is InChI=1S/C24H21BrFN9O3/c1-12(36)22-16-4-13(14-6-29-24(27)30-7-14)2-3-17(16)35(33-22)11-21(37)34-10-15(26)5-18(34)23(38)32-20-9-28-8-19(25)31-20/h2-4,6-9,15,18H,5,10-11H2,1H3,(H2,27,29,30)(H,31,32,38)/t15-,18+/m1/s1. The van der Waals surface area contributed by atoms with Crippen LogP contribution in [0.25, 0.3) is 22.0 Å². The second kappa shape index (κ2) is 10.2. The number of nitrogens with zero attached hydrogens (tertiary/aromatic N) is 7. The minimum Gasteiger partial charge on any atom is -0.368 e. The van der Waals surface area contributed by atoms with Gasteiger partial charge in [0.2, 0.25) is 17.8 Å². The van der Waals surface area contributed by atoms with Crippen molar-refractivity contribution in [3.05, 3.63) is 53.3 Å². The zero-order valence-corrected chi connectivity index (χ0v) is 21.6. The molecule has 1 aliphatic rings. The van der Waals surface area contributed by atoms with Gasteiger partial charge in [0.05, 0.1) is 24.5 Å². The number of nitrogen functional groups attached to an aromatic ring is 1. The second-order valence-corrected chi connectivity index (χ2v) is 9.55. The third kappa shape index (κ3) is 5.07. The summed E-state index contributed by atoms with van der Waals surface area (Å²) in [6.07, 6.45) is 4.42.